The largest absolute Gasteiger partial charge is 0.454 e. The summed E-state index contributed by atoms with van der Waals surface area (Å²) in [5.74, 6) is 0. The molecule has 4 nitrogen and oxygen atoms in total. The van der Waals surface area contributed by atoms with Gasteiger partial charge in [-0.25, -0.2) is 4.57 Å². The van der Waals surface area contributed by atoms with Crippen LogP contribution in [0, 0.1) is 18.3 Å². The fourth-order valence-electron chi connectivity index (χ4n) is 5.55. The number of hydrogen-bond acceptors (Lipinski definition) is 2. The quantitative estimate of drug-likeness (QED) is 0.315. The zero-order valence-electron chi connectivity index (χ0n) is 19.3. The number of rotatable bonds is 2. The highest BCUT2D eigenvalue weighted by molar-refractivity contribution is 6.13. The maximum atomic E-state index is 10.0. The van der Waals surface area contributed by atoms with E-state index in [9.17, 15) is 5.26 Å². The van der Waals surface area contributed by atoms with E-state index in [2.05, 4.69) is 72.8 Å². The Morgan fingerprint density at radius 1 is 0.970 bits per heavy atom. The molecular weight excluding hydrogens is 406 g/mol. The van der Waals surface area contributed by atoms with E-state index in [-0.39, 0.29) is 0 Å². The number of aromatic nitrogens is 2. The summed E-state index contributed by atoms with van der Waals surface area (Å²) in [7, 11) is 4.19. The Kier molecular flexibility index (Phi) is 4.41. The van der Waals surface area contributed by atoms with Crippen molar-refractivity contribution < 1.29 is 8.98 Å². The van der Waals surface area contributed by atoms with Gasteiger partial charge in [0, 0.05) is 35.6 Å². The Hall–Kier alpha value is -3.84. The molecule has 6 rings (SSSR count). The minimum absolute atomic E-state index is 0.656. The molecule has 162 valence electrons. The zero-order valence-corrected chi connectivity index (χ0v) is 19.3. The van der Waals surface area contributed by atoms with Gasteiger partial charge in [-0.2, -0.15) is 5.26 Å². The lowest BCUT2D eigenvalue weighted by Gasteiger charge is -2.14. The van der Waals surface area contributed by atoms with Crippen LogP contribution in [0.15, 0.2) is 59.1 Å². The van der Waals surface area contributed by atoms with Crippen LogP contribution < -0.4 is 4.57 Å². The first-order valence-corrected chi connectivity index (χ1v) is 11.6. The van der Waals surface area contributed by atoms with Gasteiger partial charge in [0.1, 0.15) is 18.2 Å². The third-order valence-electron chi connectivity index (χ3n) is 7.26. The molecule has 0 radical (unpaired) electrons. The number of furan rings is 1. The first-order chi connectivity index (χ1) is 16.1. The predicted octanol–water partition coefficient (Wildman–Crippen LogP) is 6.14. The first-order valence-electron chi connectivity index (χ1n) is 11.6. The van der Waals surface area contributed by atoms with E-state index in [1.165, 1.54) is 29.7 Å². The van der Waals surface area contributed by atoms with Crippen molar-refractivity contribution in [1.29, 1.82) is 5.26 Å². The fourth-order valence-corrected chi connectivity index (χ4v) is 5.55. The van der Waals surface area contributed by atoms with Gasteiger partial charge in [-0.05, 0) is 68.0 Å². The van der Waals surface area contributed by atoms with E-state index in [0.29, 0.717) is 5.56 Å². The van der Waals surface area contributed by atoms with Crippen molar-refractivity contribution in [2.24, 2.45) is 14.1 Å². The molecule has 5 aromatic rings. The Morgan fingerprint density at radius 3 is 2.48 bits per heavy atom. The number of aryl methyl sites for hydroxylation is 3. The van der Waals surface area contributed by atoms with Crippen LogP contribution in [0.5, 0.6) is 0 Å². The molecule has 0 amide bonds. The van der Waals surface area contributed by atoms with E-state index in [0.717, 1.165) is 57.3 Å². The van der Waals surface area contributed by atoms with Crippen LogP contribution in [-0.4, -0.2) is 4.57 Å². The Bertz CT molecular complexity index is 1610. The van der Waals surface area contributed by atoms with E-state index in [1.54, 1.807) is 0 Å². The molecule has 4 heteroatoms. The second-order valence-corrected chi connectivity index (χ2v) is 9.18. The van der Waals surface area contributed by atoms with Crippen LogP contribution in [0.4, 0.5) is 0 Å². The molecule has 1 aliphatic rings. The lowest BCUT2D eigenvalue weighted by molar-refractivity contribution is -0.660. The fraction of sp³-hybridized carbons (Fsp3) is 0.241. The van der Waals surface area contributed by atoms with Crippen molar-refractivity contribution in [2.75, 3.05) is 0 Å². The third-order valence-corrected chi connectivity index (χ3v) is 7.26. The molecular formula is C29H26N3O+. The van der Waals surface area contributed by atoms with Crippen molar-refractivity contribution in [3.05, 3.63) is 77.1 Å². The van der Waals surface area contributed by atoms with Crippen LogP contribution >= 0.6 is 0 Å². The highest BCUT2D eigenvalue weighted by Crippen LogP contribution is 2.43. The molecule has 0 bridgehead atoms. The summed E-state index contributed by atoms with van der Waals surface area (Å²) in [6.07, 6.45) is 6.71. The lowest BCUT2D eigenvalue weighted by Crippen LogP contribution is -2.30. The smallest absolute Gasteiger partial charge is 0.216 e. The van der Waals surface area contributed by atoms with Gasteiger partial charge in [-0.15, -0.1) is 0 Å². The number of benzene rings is 2. The maximum absolute atomic E-state index is 10.0. The number of pyridine rings is 1. The molecule has 1 aliphatic carbocycles. The minimum Gasteiger partial charge on any atom is -0.454 e. The maximum Gasteiger partial charge on any atom is 0.216 e. The van der Waals surface area contributed by atoms with Crippen molar-refractivity contribution >= 4 is 21.9 Å². The highest BCUT2D eigenvalue weighted by Gasteiger charge is 2.25. The van der Waals surface area contributed by atoms with Crippen LogP contribution in [0.25, 0.3) is 44.5 Å². The predicted molar refractivity (Wildman–Crippen MR) is 131 cm³/mol. The average molecular weight is 433 g/mol. The molecule has 0 saturated heterocycles. The minimum atomic E-state index is 0.656. The van der Waals surface area contributed by atoms with E-state index in [1.807, 2.05) is 18.2 Å². The van der Waals surface area contributed by atoms with E-state index >= 15 is 0 Å². The average Bonchev–Trinajstić information content (AvgIpc) is 3.37. The molecule has 0 saturated carbocycles. The van der Waals surface area contributed by atoms with Crippen molar-refractivity contribution in [3.8, 4) is 28.6 Å². The molecule has 0 unspecified atom stereocenters. The Morgan fingerprint density at radius 2 is 1.73 bits per heavy atom. The number of hydrogen-bond donors (Lipinski definition) is 0. The van der Waals surface area contributed by atoms with Crippen LogP contribution in [0.2, 0.25) is 0 Å². The summed E-state index contributed by atoms with van der Waals surface area (Å²) < 4.78 is 11.1. The second kappa shape index (κ2) is 7.35. The second-order valence-electron chi connectivity index (χ2n) is 9.18. The third kappa shape index (κ3) is 2.85. The molecule has 3 aromatic heterocycles. The van der Waals surface area contributed by atoms with Gasteiger partial charge in [-0.3, -0.25) is 0 Å². The normalized spacial score (nSPS) is 13.4. The number of nitrogens with zero attached hydrogens (tertiary/aromatic N) is 3. The molecule has 0 spiro atoms. The first kappa shape index (κ1) is 19.8. The summed E-state index contributed by atoms with van der Waals surface area (Å²) in [6.45, 7) is 2.13. The van der Waals surface area contributed by atoms with Gasteiger partial charge in [0.25, 0.3) is 0 Å². The van der Waals surface area contributed by atoms with Crippen LogP contribution in [0.3, 0.4) is 0 Å². The highest BCUT2D eigenvalue weighted by atomic mass is 16.3. The van der Waals surface area contributed by atoms with Crippen LogP contribution in [-0.2, 0) is 26.9 Å². The van der Waals surface area contributed by atoms with Crippen molar-refractivity contribution in [3.63, 3.8) is 0 Å². The van der Waals surface area contributed by atoms with Gasteiger partial charge in [0.05, 0.1) is 28.5 Å². The zero-order chi connectivity index (χ0) is 22.7. The van der Waals surface area contributed by atoms with Crippen molar-refractivity contribution in [2.45, 2.75) is 32.6 Å². The van der Waals surface area contributed by atoms with Gasteiger partial charge in [0.2, 0.25) is 5.69 Å². The van der Waals surface area contributed by atoms with Crippen LogP contribution in [0.1, 0.15) is 35.2 Å². The van der Waals surface area contributed by atoms with Gasteiger partial charge in [-0.1, -0.05) is 12.1 Å². The summed E-state index contributed by atoms with van der Waals surface area (Å²) in [4.78, 5) is 0. The Balaban J connectivity index is 1.72. The molecule has 33 heavy (non-hydrogen) atoms. The molecule has 2 aromatic carbocycles. The summed E-state index contributed by atoms with van der Waals surface area (Å²) in [5, 5.41) is 12.2. The molecule has 0 aliphatic heterocycles. The molecule has 0 fully saturated rings. The monoisotopic (exact) mass is 432 g/mol. The standard InChI is InChI=1S/C29H26N3O/c1-18-11-13-21-22-14-12-20(17-30)27(25-16-19-8-4-5-9-23(19)32(25)3)29(22)33-28(21)26(18)24-10-6-7-15-31(24)2/h6-7,10-16H,4-5,8-9H2,1-3H3/q+1. The SMILES string of the molecule is Cc1ccc2c(oc3c(-c4cc5c(n4C)CCCC5)c(C#N)ccc32)c1-c1cccc[n+]1C. The number of nitriles is 1. The van der Waals surface area contributed by atoms with Gasteiger partial charge >= 0.3 is 0 Å². The Labute approximate surface area is 193 Å². The lowest BCUT2D eigenvalue weighted by atomic mass is 9.97. The van der Waals surface area contributed by atoms with Gasteiger partial charge in [0.15, 0.2) is 6.20 Å². The topological polar surface area (TPSA) is 45.7 Å². The number of fused-ring (bicyclic) bond motifs is 4. The van der Waals surface area contributed by atoms with E-state index in [4.69, 9.17) is 4.42 Å². The van der Waals surface area contributed by atoms with Gasteiger partial charge < -0.3 is 8.98 Å². The van der Waals surface area contributed by atoms with E-state index < -0.39 is 0 Å². The molecule has 0 atom stereocenters. The molecule has 3 heterocycles. The molecule has 0 N–H and O–H groups in total. The summed E-state index contributed by atoms with van der Waals surface area (Å²) >= 11 is 0. The summed E-state index contributed by atoms with van der Waals surface area (Å²) in [5.41, 5.74) is 10.5. The summed E-state index contributed by atoms with van der Waals surface area (Å²) in [6, 6.07) is 19.2. The van der Waals surface area contributed by atoms with Crippen molar-refractivity contribution in [1.82, 2.24) is 4.57 Å².